The fourth-order valence-electron chi connectivity index (χ4n) is 6.19. The third kappa shape index (κ3) is 3.94. The van der Waals surface area contributed by atoms with E-state index in [1.54, 1.807) is 0 Å². The standard InChI is InChI=1S/C24H26F3N3O7S/c25-24(26,27)38(32,33)37-21-15-6-4-11-35-23(10-12-34-13-23)18(15)28-20(29-21)17-14-5-3-9-22(19(14)36-30-17)8-2-1-7-16(22)31/h1-13H2/t22-,23+/m1/s1. The lowest BCUT2D eigenvalue weighted by molar-refractivity contribution is -0.128. The Labute approximate surface area is 216 Å². The number of carbonyl (C=O) groups excluding carboxylic acids is 1. The van der Waals surface area contributed by atoms with Crippen molar-refractivity contribution in [2.45, 2.75) is 80.7 Å². The van der Waals surface area contributed by atoms with Crippen LogP contribution >= 0.6 is 0 Å². The van der Waals surface area contributed by atoms with Gasteiger partial charge in [-0.1, -0.05) is 11.6 Å². The molecule has 2 aliphatic carbocycles. The summed E-state index contributed by atoms with van der Waals surface area (Å²) < 4.78 is 86.0. The van der Waals surface area contributed by atoms with Crippen molar-refractivity contribution in [1.29, 1.82) is 0 Å². The van der Waals surface area contributed by atoms with E-state index in [1.165, 1.54) is 0 Å². The molecule has 0 unspecified atom stereocenters. The Kier molecular flexibility index (Phi) is 6.07. The van der Waals surface area contributed by atoms with Crippen molar-refractivity contribution in [3.63, 3.8) is 0 Å². The number of carbonyl (C=O) groups is 1. The highest BCUT2D eigenvalue weighted by Gasteiger charge is 2.51. The molecule has 1 saturated carbocycles. The molecular formula is C24H26F3N3O7S. The van der Waals surface area contributed by atoms with Crippen LogP contribution in [-0.4, -0.2) is 54.7 Å². The van der Waals surface area contributed by atoms with E-state index in [9.17, 15) is 26.4 Å². The monoisotopic (exact) mass is 557 g/mol. The fourth-order valence-corrected chi connectivity index (χ4v) is 6.63. The molecule has 0 N–H and O–H groups in total. The molecule has 6 rings (SSSR count). The quantitative estimate of drug-likeness (QED) is 0.407. The van der Waals surface area contributed by atoms with E-state index in [1.807, 2.05) is 0 Å². The fraction of sp³-hybridized carbons (Fsp3) is 0.667. The minimum absolute atomic E-state index is 0.0889. The summed E-state index contributed by atoms with van der Waals surface area (Å²) in [4.78, 5) is 21.9. The molecule has 2 aromatic rings. The summed E-state index contributed by atoms with van der Waals surface area (Å²) >= 11 is 0. The van der Waals surface area contributed by atoms with Crippen LogP contribution in [0.15, 0.2) is 4.52 Å². The number of fused-ring (bicyclic) bond motifs is 4. The Hall–Kier alpha value is -2.58. The molecule has 4 heterocycles. The van der Waals surface area contributed by atoms with Gasteiger partial charge in [-0.05, 0) is 44.9 Å². The van der Waals surface area contributed by atoms with Crippen LogP contribution in [0.5, 0.6) is 5.88 Å². The highest BCUT2D eigenvalue weighted by Crippen LogP contribution is 2.48. The normalized spacial score (nSPS) is 27.8. The second kappa shape index (κ2) is 8.98. The largest absolute Gasteiger partial charge is 0.534 e. The average Bonchev–Trinajstić information content (AvgIpc) is 3.48. The molecule has 0 amide bonds. The minimum atomic E-state index is -6.01. The predicted octanol–water partition coefficient (Wildman–Crippen LogP) is 3.66. The van der Waals surface area contributed by atoms with Crippen LogP contribution in [0, 0.1) is 0 Å². The third-order valence-electron chi connectivity index (χ3n) is 8.06. The minimum Gasteiger partial charge on any atom is -0.378 e. The zero-order valence-electron chi connectivity index (χ0n) is 20.4. The molecule has 2 aliphatic heterocycles. The first-order valence-electron chi connectivity index (χ1n) is 12.7. The SMILES string of the molecule is O=C1CCCC[C@@]12CCCc1c(-c3nc(OS(=O)(=O)C(F)(F)F)c4c(n3)[C@@]3(CCOC3)OCCC4)noc12. The molecule has 14 heteroatoms. The van der Waals surface area contributed by atoms with E-state index < -0.39 is 32.5 Å². The molecule has 38 heavy (non-hydrogen) atoms. The highest BCUT2D eigenvalue weighted by atomic mass is 32.2. The van der Waals surface area contributed by atoms with Gasteiger partial charge in [0.15, 0.2) is 17.3 Å². The molecule has 206 valence electrons. The van der Waals surface area contributed by atoms with Crippen LogP contribution < -0.4 is 4.18 Å². The van der Waals surface area contributed by atoms with Crippen molar-refractivity contribution in [3.8, 4) is 17.4 Å². The summed E-state index contributed by atoms with van der Waals surface area (Å²) in [6.07, 6.45) is 5.48. The predicted molar refractivity (Wildman–Crippen MR) is 123 cm³/mol. The first-order chi connectivity index (χ1) is 18.1. The van der Waals surface area contributed by atoms with Crippen molar-refractivity contribution in [1.82, 2.24) is 15.1 Å². The van der Waals surface area contributed by atoms with Gasteiger partial charge in [0.2, 0.25) is 5.88 Å². The number of ether oxygens (including phenoxy) is 2. The topological polar surface area (TPSA) is 131 Å². The summed E-state index contributed by atoms with van der Waals surface area (Å²) in [6, 6.07) is 0. The summed E-state index contributed by atoms with van der Waals surface area (Å²) in [7, 11) is -6.01. The van der Waals surface area contributed by atoms with Crippen LogP contribution in [-0.2, 0) is 48.2 Å². The Morgan fingerprint density at radius 1 is 0.921 bits per heavy atom. The van der Waals surface area contributed by atoms with Crippen LogP contribution in [0.1, 0.15) is 73.9 Å². The van der Waals surface area contributed by atoms with Gasteiger partial charge in [0.05, 0.1) is 17.7 Å². The Balaban J connectivity index is 1.53. The van der Waals surface area contributed by atoms with Gasteiger partial charge >= 0.3 is 15.6 Å². The molecule has 2 spiro atoms. The number of hydrogen-bond donors (Lipinski definition) is 0. The van der Waals surface area contributed by atoms with E-state index in [0.717, 1.165) is 12.8 Å². The molecule has 2 fully saturated rings. The van der Waals surface area contributed by atoms with E-state index in [-0.39, 0.29) is 48.2 Å². The third-order valence-corrected chi connectivity index (χ3v) is 9.01. The number of ketones is 1. The molecule has 0 bridgehead atoms. The van der Waals surface area contributed by atoms with Gasteiger partial charge in [-0.2, -0.15) is 26.6 Å². The Morgan fingerprint density at radius 3 is 2.45 bits per heavy atom. The average molecular weight is 558 g/mol. The number of hydrogen-bond acceptors (Lipinski definition) is 10. The number of Topliss-reactive ketones (excluding diaryl/α,β-unsaturated/α-hetero) is 1. The maximum atomic E-state index is 13.3. The van der Waals surface area contributed by atoms with Crippen molar-refractivity contribution in [3.05, 3.63) is 22.6 Å². The molecule has 0 aromatic carbocycles. The van der Waals surface area contributed by atoms with Gasteiger partial charge in [-0.25, -0.2) is 4.98 Å². The molecule has 1 saturated heterocycles. The van der Waals surface area contributed by atoms with E-state index in [0.29, 0.717) is 62.9 Å². The summed E-state index contributed by atoms with van der Waals surface area (Å²) in [6.45, 7) is 0.695. The van der Waals surface area contributed by atoms with Crippen molar-refractivity contribution >= 4 is 15.9 Å². The lowest BCUT2D eigenvalue weighted by atomic mass is 9.64. The summed E-state index contributed by atoms with van der Waals surface area (Å²) in [5.74, 6) is -0.318. The second-order valence-electron chi connectivity index (χ2n) is 10.3. The molecule has 2 aromatic heterocycles. The van der Waals surface area contributed by atoms with Crippen molar-refractivity contribution in [2.75, 3.05) is 19.8 Å². The Morgan fingerprint density at radius 2 is 1.71 bits per heavy atom. The van der Waals surface area contributed by atoms with Crippen LogP contribution in [0.4, 0.5) is 13.2 Å². The van der Waals surface area contributed by atoms with Crippen molar-refractivity contribution in [2.24, 2.45) is 0 Å². The summed E-state index contributed by atoms with van der Waals surface area (Å²) in [5, 5.41) is 4.17. The smallest absolute Gasteiger partial charge is 0.378 e. The lowest BCUT2D eigenvalue weighted by Gasteiger charge is -2.36. The first kappa shape index (κ1) is 25.7. The van der Waals surface area contributed by atoms with Gasteiger partial charge in [0.1, 0.15) is 11.4 Å². The molecule has 2 atom stereocenters. The van der Waals surface area contributed by atoms with Gasteiger partial charge in [0.25, 0.3) is 0 Å². The van der Waals surface area contributed by atoms with Crippen molar-refractivity contribution < 1.29 is 44.6 Å². The van der Waals surface area contributed by atoms with E-state index in [2.05, 4.69) is 19.3 Å². The van der Waals surface area contributed by atoms with E-state index in [4.69, 9.17) is 14.0 Å². The first-order valence-corrected chi connectivity index (χ1v) is 14.1. The van der Waals surface area contributed by atoms with Gasteiger partial charge in [-0.3, -0.25) is 4.79 Å². The zero-order valence-corrected chi connectivity index (χ0v) is 21.3. The van der Waals surface area contributed by atoms with Gasteiger partial charge < -0.3 is 18.2 Å². The number of halogens is 3. The van der Waals surface area contributed by atoms with Crippen LogP contribution in [0.25, 0.3) is 11.5 Å². The maximum Gasteiger partial charge on any atom is 0.534 e. The highest BCUT2D eigenvalue weighted by molar-refractivity contribution is 7.87. The van der Waals surface area contributed by atoms with Crippen LogP contribution in [0.2, 0.25) is 0 Å². The summed E-state index contributed by atoms with van der Waals surface area (Å²) in [5.41, 5.74) is -6.41. The zero-order chi connectivity index (χ0) is 26.8. The van der Waals surface area contributed by atoms with Crippen LogP contribution in [0.3, 0.4) is 0 Å². The molecule has 4 aliphatic rings. The Bertz CT molecular complexity index is 1390. The number of nitrogens with zero attached hydrogens (tertiary/aromatic N) is 3. The molecule has 0 radical (unpaired) electrons. The van der Waals surface area contributed by atoms with Gasteiger partial charge in [0, 0.05) is 37.2 Å². The van der Waals surface area contributed by atoms with E-state index >= 15 is 0 Å². The van der Waals surface area contributed by atoms with Gasteiger partial charge in [-0.15, -0.1) is 0 Å². The molecular weight excluding hydrogens is 531 g/mol. The maximum absolute atomic E-state index is 13.3. The second-order valence-corrected chi connectivity index (χ2v) is 11.9. The molecule has 10 nitrogen and oxygen atoms in total. The number of alkyl halides is 3. The lowest BCUT2D eigenvalue weighted by Crippen LogP contribution is -2.41. The number of rotatable bonds is 3. The number of aromatic nitrogens is 3.